The van der Waals surface area contributed by atoms with Crippen LogP contribution in [0.2, 0.25) is 0 Å². The van der Waals surface area contributed by atoms with Crippen molar-refractivity contribution < 1.29 is 9.47 Å². The molecule has 5 heteroatoms. The Hall–Kier alpha value is -2.24. The maximum absolute atomic E-state index is 5.83. The van der Waals surface area contributed by atoms with Gasteiger partial charge in [0.2, 0.25) is 0 Å². The summed E-state index contributed by atoms with van der Waals surface area (Å²) in [6, 6.07) is 12.4. The average Bonchev–Trinajstić information content (AvgIpc) is 2.99. The van der Waals surface area contributed by atoms with Crippen LogP contribution in [0.4, 0.5) is 0 Å². The van der Waals surface area contributed by atoms with E-state index < -0.39 is 0 Å². The SMILES string of the molecule is CCNCCOc1ccc2c(c1)[nH]c1ccc(OCCNCC)cc12. The van der Waals surface area contributed by atoms with Crippen LogP contribution in [-0.4, -0.2) is 44.4 Å². The van der Waals surface area contributed by atoms with Crippen molar-refractivity contribution in [2.75, 3.05) is 39.4 Å². The van der Waals surface area contributed by atoms with Crippen molar-refractivity contribution in [3.63, 3.8) is 0 Å². The van der Waals surface area contributed by atoms with E-state index in [2.05, 4.69) is 53.7 Å². The van der Waals surface area contributed by atoms with Crippen LogP contribution in [0, 0.1) is 0 Å². The summed E-state index contributed by atoms with van der Waals surface area (Å²) in [5.74, 6) is 1.79. The van der Waals surface area contributed by atoms with Gasteiger partial charge < -0.3 is 25.1 Å². The number of hydrogen-bond donors (Lipinski definition) is 3. The molecule has 0 amide bonds. The van der Waals surface area contributed by atoms with E-state index in [-0.39, 0.29) is 0 Å². The number of fused-ring (bicyclic) bond motifs is 3. The number of aromatic nitrogens is 1. The second-order valence-corrected chi connectivity index (χ2v) is 5.94. The Labute approximate surface area is 148 Å². The fraction of sp³-hybridized carbons (Fsp3) is 0.400. The highest BCUT2D eigenvalue weighted by atomic mass is 16.5. The minimum Gasteiger partial charge on any atom is -0.492 e. The summed E-state index contributed by atoms with van der Waals surface area (Å²) in [5.41, 5.74) is 2.19. The standard InChI is InChI=1S/C20H27N3O2/c1-3-21-9-11-24-15-6-8-19-18(13-15)17-7-5-16(14-20(17)23-19)25-12-10-22-4-2/h5-8,13-14,21-23H,3-4,9-12H2,1-2H3. The smallest absolute Gasteiger partial charge is 0.121 e. The Bertz CT molecular complexity index is 813. The van der Waals surface area contributed by atoms with Crippen LogP contribution >= 0.6 is 0 Å². The molecule has 25 heavy (non-hydrogen) atoms. The summed E-state index contributed by atoms with van der Waals surface area (Å²) in [6.45, 7) is 9.16. The van der Waals surface area contributed by atoms with Gasteiger partial charge in [-0.2, -0.15) is 0 Å². The van der Waals surface area contributed by atoms with Crippen molar-refractivity contribution in [1.29, 1.82) is 0 Å². The van der Waals surface area contributed by atoms with Crippen LogP contribution in [0.25, 0.3) is 21.8 Å². The summed E-state index contributed by atoms with van der Waals surface area (Å²) in [7, 11) is 0. The Morgan fingerprint density at radius 2 is 1.40 bits per heavy atom. The lowest BCUT2D eigenvalue weighted by Gasteiger charge is -2.07. The van der Waals surface area contributed by atoms with Crippen LogP contribution < -0.4 is 20.1 Å². The molecule has 0 aliphatic carbocycles. The third kappa shape index (κ3) is 4.44. The molecule has 134 valence electrons. The van der Waals surface area contributed by atoms with Gasteiger partial charge in [-0.1, -0.05) is 13.8 Å². The molecule has 3 rings (SSSR count). The molecule has 0 radical (unpaired) electrons. The number of H-pyrrole nitrogens is 1. The van der Waals surface area contributed by atoms with E-state index in [1.807, 2.05) is 12.1 Å². The number of ether oxygens (including phenoxy) is 2. The first-order valence-corrected chi connectivity index (χ1v) is 9.04. The van der Waals surface area contributed by atoms with E-state index in [0.717, 1.165) is 48.7 Å². The summed E-state index contributed by atoms with van der Waals surface area (Å²) in [4.78, 5) is 3.46. The van der Waals surface area contributed by atoms with Crippen LogP contribution in [0.5, 0.6) is 11.5 Å². The molecular formula is C20H27N3O2. The lowest BCUT2D eigenvalue weighted by Crippen LogP contribution is -2.20. The van der Waals surface area contributed by atoms with Crippen molar-refractivity contribution in [1.82, 2.24) is 15.6 Å². The summed E-state index contributed by atoms with van der Waals surface area (Å²) < 4.78 is 11.6. The summed E-state index contributed by atoms with van der Waals surface area (Å²) >= 11 is 0. The van der Waals surface area contributed by atoms with Crippen molar-refractivity contribution in [2.24, 2.45) is 0 Å². The normalized spacial score (nSPS) is 11.3. The second kappa shape index (κ2) is 8.74. The Kier molecular flexibility index (Phi) is 6.14. The zero-order chi connectivity index (χ0) is 17.5. The molecule has 1 aromatic heterocycles. The Morgan fingerprint density at radius 1 is 0.760 bits per heavy atom. The number of likely N-dealkylation sites (N-methyl/N-ethyl adjacent to an activating group) is 2. The molecule has 0 bridgehead atoms. The molecule has 0 fully saturated rings. The van der Waals surface area contributed by atoms with Crippen LogP contribution in [0.3, 0.4) is 0 Å². The van der Waals surface area contributed by atoms with E-state index >= 15 is 0 Å². The fourth-order valence-corrected chi connectivity index (χ4v) is 2.88. The molecule has 0 atom stereocenters. The van der Waals surface area contributed by atoms with E-state index in [1.165, 1.54) is 10.8 Å². The minimum atomic E-state index is 0.670. The van der Waals surface area contributed by atoms with Crippen LogP contribution in [-0.2, 0) is 0 Å². The van der Waals surface area contributed by atoms with E-state index in [4.69, 9.17) is 9.47 Å². The molecule has 2 aromatic carbocycles. The molecule has 0 saturated heterocycles. The number of nitrogens with one attached hydrogen (secondary N) is 3. The van der Waals surface area contributed by atoms with Gasteiger partial charge in [0.15, 0.2) is 0 Å². The molecular weight excluding hydrogens is 314 g/mol. The quantitative estimate of drug-likeness (QED) is 0.495. The second-order valence-electron chi connectivity index (χ2n) is 5.94. The predicted octanol–water partition coefficient (Wildman–Crippen LogP) is 3.30. The summed E-state index contributed by atoms with van der Waals surface area (Å²) in [6.07, 6.45) is 0. The monoisotopic (exact) mass is 341 g/mol. The van der Waals surface area contributed by atoms with E-state index in [0.29, 0.717) is 13.2 Å². The summed E-state index contributed by atoms with van der Waals surface area (Å²) in [5, 5.41) is 8.88. The number of benzene rings is 2. The average molecular weight is 341 g/mol. The molecule has 1 heterocycles. The number of rotatable bonds is 10. The lowest BCUT2D eigenvalue weighted by atomic mass is 10.1. The molecule has 0 spiro atoms. The highest BCUT2D eigenvalue weighted by Crippen LogP contribution is 2.30. The molecule has 3 N–H and O–H groups in total. The first kappa shape index (κ1) is 17.6. The zero-order valence-corrected chi connectivity index (χ0v) is 15.0. The topological polar surface area (TPSA) is 58.3 Å². The molecule has 3 aromatic rings. The highest BCUT2D eigenvalue weighted by molar-refractivity contribution is 6.08. The van der Waals surface area contributed by atoms with Gasteiger partial charge in [-0.3, -0.25) is 0 Å². The third-order valence-electron chi connectivity index (χ3n) is 4.14. The molecule has 5 nitrogen and oxygen atoms in total. The highest BCUT2D eigenvalue weighted by Gasteiger charge is 2.07. The first-order chi connectivity index (χ1) is 12.3. The maximum atomic E-state index is 5.83. The van der Waals surface area contributed by atoms with Gasteiger partial charge in [-0.25, -0.2) is 0 Å². The van der Waals surface area contributed by atoms with Crippen molar-refractivity contribution >= 4 is 21.8 Å². The molecule has 0 aliphatic heterocycles. The van der Waals surface area contributed by atoms with Crippen molar-refractivity contribution in [3.05, 3.63) is 36.4 Å². The van der Waals surface area contributed by atoms with Gasteiger partial charge in [0, 0.05) is 35.4 Å². The largest absolute Gasteiger partial charge is 0.492 e. The van der Waals surface area contributed by atoms with Gasteiger partial charge in [0.25, 0.3) is 0 Å². The van der Waals surface area contributed by atoms with Crippen LogP contribution in [0.1, 0.15) is 13.8 Å². The minimum absolute atomic E-state index is 0.670. The fourth-order valence-electron chi connectivity index (χ4n) is 2.88. The molecule has 0 unspecified atom stereocenters. The van der Waals surface area contributed by atoms with E-state index in [1.54, 1.807) is 0 Å². The zero-order valence-electron chi connectivity index (χ0n) is 15.0. The lowest BCUT2D eigenvalue weighted by molar-refractivity contribution is 0.316. The third-order valence-corrected chi connectivity index (χ3v) is 4.14. The van der Waals surface area contributed by atoms with E-state index in [9.17, 15) is 0 Å². The van der Waals surface area contributed by atoms with Crippen LogP contribution in [0.15, 0.2) is 36.4 Å². The maximum Gasteiger partial charge on any atom is 0.121 e. The first-order valence-electron chi connectivity index (χ1n) is 9.04. The van der Waals surface area contributed by atoms with Gasteiger partial charge >= 0.3 is 0 Å². The predicted molar refractivity (Wildman–Crippen MR) is 104 cm³/mol. The molecule has 0 aliphatic rings. The number of aromatic amines is 1. The Morgan fingerprint density at radius 3 is 2.08 bits per heavy atom. The van der Waals surface area contributed by atoms with Gasteiger partial charge in [0.05, 0.1) is 5.52 Å². The molecule has 0 saturated carbocycles. The Balaban J connectivity index is 1.74. The van der Waals surface area contributed by atoms with Crippen molar-refractivity contribution in [2.45, 2.75) is 13.8 Å². The van der Waals surface area contributed by atoms with Gasteiger partial charge in [-0.05, 0) is 43.4 Å². The van der Waals surface area contributed by atoms with Gasteiger partial charge in [0.1, 0.15) is 24.7 Å². The van der Waals surface area contributed by atoms with Gasteiger partial charge in [-0.15, -0.1) is 0 Å². The number of hydrogen-bond acceptors (Lipinski definition) is 4. The van der Waals surface area contributed by atoms with Crippen molar-refractivity contribution in [3.8, 4) is 11.5 Å².